The number of benzene rings is 1. The molecule has 0 radical (unpaired) electrons. The SMILES string of the molecule is Cc1nc(OCCCc2cccnc2)c([N+](=O)[O-])c(N2CCc3ccccc3CC2)n1. The van der Waals surface area contributed by atoms with Gasteiger partial charge in [-0.1, -0.05) is 30.3 Å². The molecule has 1 aliphatic heterocycles. The van der Waals surface area contributed by atoms with Crippen LogP contribution in [0.15, 0.2) is 48.8 Å². The van der Waals surface area contributed by atoms with Crippen molar-refractivity contribution in [1.29, 1.82) is 0 Å². The first-order chi connectivity index (χ1) is 15.1. The van der Waals surface area contributed by atoms with Crippen LogP contribution in [0.4, 0.5) is 11.5 Å². The molecule has 0 fully saturated rings. The van der Waals surface area contributed by atoms with Gasteiger partial charge in [0.15, 0.2) is 0 Å². The minimum absolute atomic E-state index is 0.0421. The van der Waals surface area contributed by atoms with Gasteiger partial charge in [-0.25, -0.2) is 4.98 Å². The summed E-state index contributed by atoms with van der Waals surface area (Å²) in [6.45, 7) is 3.39. The summed E-state index contributed by atoms with van der Waals surface area (Å²) in [7, 11) is 0. The number of anilines is 1. The molecule has 4 rings (SSSR count). The number of hydrogen-bond acceptors (Lipinski definition) is 7. The normalized spacial score (nSPS) is 13.4. The van der Waals surface area contributed by atoms with E-state index in [2.05, 4.69) is 27.1 Å². The Morgan fingerprint density at radius 3 is 2.48 bits per heavy atom. The summed E-state index contributed by atoms with van der Waals surface area (Å²) in [5.74, 6) is 0.845. The molecule has 0 bridgehead atoms. The van der Waals surface area contributed by atoms with Gasteiger partial charge in [-0.3, -0.25) is 15.1 Å². The highest BCUT2D eigenvalue weighted by atomic mass is 16.6. The number of nitro groups is 1. The maximum Gasteiger partial charge on any atom is 0.372 e. The summed E-state index contributed by atoms with van der Waals surface area (Å²) in [6, 6.07) is 12.2. The van der Waals surface area contributed by atoms with Gasteiger partial charge in [-0.15, -0.1) is 0 Å². The van der Waals surface area contributed by atoms with Crippen molar-refractivity contribution in [3.63, 3.8) is 0 Å². The Hall–Kier alpha value is -3.55. The summed E-state index contributed by atoms with van der Waals surface area (Å²) < 4.78 is 5.79. The molecule has 0 unspecified atom stereocenters. The highest BCUT2D eigenvalue weighted by Crippen LogP contribution is 2.35. The molecule has 0 amide bonds. The van der Waals surface area contributed by atoms with Crippen LogP contribution in [0, 0.1) is 17.0 Å². The van der Waals surface area contributed by atoms with Gasteiger partial charge in [0.1, 0.15) is 5.82 Å². The highest BCUT2D eigenvalue weighted by molar-refractivity contribution is 5.63. The van der Waals surface area contributed by atoms with Crippen molar-refractivity contribution in [2.75, 3.05) is 24.6 Å². The van der Waals surface area contributed by atoms with E-state index in [0.717, 1.165) is 24.8 Å². The molecule has 0 atom stereocenters. The van der Waals surface area contributed by atoms with E-state index in [9.17, 15) is 10.1 Å². The van der Waals surface area contributed by atoms with E-state index in [-0.39, 0.29) is 11.6 Å². The summed E-state index contributed by atoms with van der Waals surface area (Å²) in [6.07, 6.45) is 6.67. The van der Waals surface area contributed by atoms with Crippen LogP contribution in [-0.4, -0.2) is 39.6 Å². The molecule has 8 heteroatoms. The summed E-state index contributed by atoms with van der Waals surface area (Å²) >= 11 is 0. The molecular formula is C23H25N5O3. The standard InChI is InChI=1S/C23H25N5O3/c1-17-25-22(27-13-10-19-8-2-3-9-20(19)11-14-27)21(28(29)30)23(26-17)31-15-5-7-18-6-4-12-24-16-18/h2-4,6,8-9,12,16H,5,7,10-11,13-15H2,1H3. The molecule has 3 heterocycles. The van der Waals surface area contributed by atoms with Gasteiger partial charge in [0, 0.05) is 25.5 Å². The Balaban J connectivity index is 1.51. The Morgan fingerprint density at radius 2 is 1.84 bits per heavy atom. The van der Waals surface area contributed by atoms with Crippen LogP contribution in [0.2, 0.25) is 0 Å². The summed E-state index contributed by atoms with van der Waals surface area (Å²) in [5, 5.41) is 12.0. The fourth-order valence-electron chi connectivity index (χ4n) is 3.88. The van der Waals surface area contributed by atoms with Gasteiger partial charge < -0.3 is 9.64 Å². The third-order valence-corrected chi connectivity index (χ3v) is 5.42. The molecule has 0 saturated heterocycles. The lowest BCUT2D eigenvalue weighted by Crippen LogP contribution is -2.28. The molecule has 160 valence electrons. The lowest BCUT2D eigenvalue weighted by molar-refractivity contribution is -0.385. The van der Waals surface area contributed by atoms with Crippen molar-refractivity contribution in [2.45, 2.75) is 32.6 Å². The third kappa shape index (κ3) is 4.96. The first-order valence-electron chi connectivity index (χ1n) is 10.5. The number of ether oxygens (including phenoxy) is 1. The number of hydrogen-bond donors (Lipinski definition) is 0. The molecule has 8 nitrogen and oxygen atoms in total. The van der Waals surface area contributed by atoms with Crippen LogP contribution in [0.1, 0.15) is 28.9 Å². The first-order valence-corrected chi connectivity index (χ1v) is 10.5. The van der Waals surface area contributed by atoms with Gasteiger partial charge >= 0.3 is 5.69 Å². The maximum atomic E-state index is 12.0. The zero-order chi connectivity index (χ0) is 21.6. The van der Waals surface area contributed by atoms with Gasteiger partial charge in [0.05, 0.1) is 11.5 Å². The predicted molar refractivity (Wildman–Crippen MR) is 118 cm³/mol. The lowest BCUT2D eigenvalue weighted by atomic mass is 10.0. The largest absolute Gasteiger partial charge is 0.473 e. The fourth-order valence-corrected chi connectivity index (χ4v) is 3.88. The number of nitrogens with zero attached hydrogens (tertiary/aromatic N) is 5. The van der Waals surface area contributed by atoms with E-state index >= 15 is 0 Å². The monoisotopic (exact) mass is 419 g/mol. The predicted octanol–water partition coefficient (Wildman–Crippen LogP) is 3.71. The quantitative estimate of drug-likeness (QED) is 0.327. The minimum Gasteiger partial charge on any atom is -0.473 e. The van der Waals surface area contributed by atoms with E-state index in [0.29, 0.717) is 37.8 Å². The number of rotatable bonds is 7. The molecule has 31 heavy (non-hydrogen) atoms. The topological polar surface area (TPSA) is 94.3 Å². The number of fused-ring (bicyclic) bond motifs is 1. The third-order valence-electron chi connectivity index (χ3n) is 5.42. The molecular weight excluding hydrogens is 394 g/mol. The Labute approximate surface area is 181 Å². The van der Waals surface area contributed by atoms with Gasteiger partial charge in [0.25, 0.3) is 5.88 Å². The summed E-state index contributed by atoms with van der Waals surface area (Å²) in [4.78, 5) is 26.3. The number of aromatic nitrogens is 3. The Kier molecular flexibility index (Phi) is 6.35. The van der Waals surface area contributed by atoms with Gasteiger partial charge in [-0.2, -0.15) is 4.98 Å². The second-order valence-corrected chi connectivity index (χ2v) is 7.57. The van der Waals surface area contributed by atoms with Crippen molar-refractivity contribution in [3.8, 4) is 5.88 Å². The molecule has 0 spiro atoms. The highest BCUT2D eigenvalue weighted by Gasteiger charge is 2.30. The minimum atomic E-state index is -0.427. The summed E-state index contributed by atoms with van der Waals surface area (Å²) in [5.41, 5.74) is 3.51. The average Bonchev–Trinajstić information content (AvgIpc) is 2.99. The van der Waals surface area contributed by atoms with Crippen LogP contribution in [0.25, 0.3) is 0 Å². The Bertz CT molecular complexity index is 1030. The van der Waals surface area contributed by atoms with Crippen LogP contribution in [0.3, 0.4) is 0 Å². The van der Waals surface area contributed by atoms with E-state index in [1.54, 1.807) is 13.1 Å². The number of aryl methyl sites for hydroxylation is 2. The van der Waals surface area contributed by atoms with E-state index in [1.165, 1.54) is 11.1 Å². The molecule has 0 saturated carbocycles. The smallest absolute Gasteiger partial charge is 0.372 e. The van der Waals surface area contributed by atoms with Crippen molar-refractivity contribution in [2.24, 2.45) is 0 Å². The second kappa shape index (κ2) is 9.51. The van der Waals surface area contributed by atoms with Crippen molar-refractivity contribution in [3.05, 3.63) is 81.4 Å². The van der Waals surface area contributed by atoms with Gasteiger partial charge in [-0.05, 0) is 55.4 Å². The van der Waals surface area contributed by atoms with Crippen LogP contribution in [-0.2, 0) is 19.3 Å². The zero-order valence-corrected chi connectivity index (χ0v) is 17.5. The van der Waals surface area contributed by atoms with Crippen molar-refractivity contribution < 1.29 is 9.66 Å². The zero-order valence-electron chi connectivity index (χ0n) is 17.5. The Morgan fingerprint density at radius 1 is 1.10 bits per heavy atom. The van der Waals surface area contributed by atoms with Gasteiger partial charge in [0.2, 0.25) is 5.82 Å². The van der Waals surface area contributed by atoms with Crippen LogP contribution >= 0.6 is 0 Å². The van der Waals surface area contributed by atoms with Crippen molar-refractivity contribution >= 4 is 11.5 Å². The number of pyridine rings is 1. The van der Waals surface area contributed by atoms with E-state index < -0.39 is 4.92 Å². The molecule has 3 aromatic rings. The fraction of sp³-hybridized carbons (Fsp3) is 0.348. The van der Waals surface area contributed by atoms with E-state index in [4.69, 9.17) is 4.74 Å². The lowest BCUT2D eigenvalue weighted by Gasteiger charge is -2.22. The average molecular weight is 419 g/mol. The second-order valence-electron chi connectivity index (χ2n) is 7.57. The van der Waals surface area contributed by atoms with Crippen molar-refractivity contribution in [1.82, 2.24) is 15.0 Å². The van der Waals surface area contributed by atoms with Crippen LogP contribution < -0.4 is 9.64 Å². The van der Waals surface area contributed by atoms with Crippen LogP contribution in [0.5, 0.6) is 5.88 Å². The first kappa shape index (κ1) is 20.7. The molecule has 1 aliphatic rings. The van der Waals surface area contributed by atoms with E-state index in [1.807, 2.05) is 35.4 Å². The molecule has 1 aromatic carbocycles. The maximum absolute atomic E-state index is 12.0. The molecule has 0 N–H and O–H groups in total. The molecule has 2 aromatic heterocycles. The molecule has 0 aliphatic carbocycles.